The molecular formula is C35H38N4O5. The maximum atomic E-state index is 13.8. The predicted octanol–water partition coefficient (Wildman–Crippen LogP) is 7.53. The monoisotopic (exact) mass is 594 g/mol. The molecule has 0 fully saturated rings. The first-order chi connectivity index (χ1) is 21.1. The van der Waals surface area contributed by atoms with Gasteiger partial charge in [-0.15, -0.1) is 0 Å². The average Bonchev–Trinajstić information content (AvgIpc) is 3.72. The van der Waals surface area contributed by atoms with Crippen LogP contribution in [0.1, 0.15) is 113 Å². The van der Waals surface area contributed by atoms with E-state index in [4.69, 9.17) is 19.7 Å². The van der Waals surface area contributed by atoms with E-state index >= 15 is 0 Å². The summed E-state index contributed by atoms with van der Waals surface area (Å²) in [5.74, 6) is -3.09. The molecule has 6 rings (SSSR count). The van der Waals surface area contributed by atoms with Crippen molar-refractivity contribution in [2.45, 2.75) is 71.6 Å². The Hall–Kier alpha value is -4.34. The van der Waals surface area contributed by atoms with Gasteiger partial charge in [-0.05, 0) is 80.5 Å². The Labute approximate surface area is 256 Å². The number of carbonyl (C=O) groups is 2. The van der Waals surface area contributed by atoms with E-state index in [0.29, 0.717) is 41.8 Å². The van der Waals surface area contributed by atoms with E-state index in [2.05, 4.69) is 50.3 Å². The number of aromatic amines is 2. The second-order valence-electron chi connectivity index (χ2n) is 11.9. The first-order valence-electron chi connectivity index (χ1n) is 15.1. The molecule has 0 saturated heterocycles. The zero-order chi connectivity index (χ0) is 31.4. The SMILES string of the molecule is C=Cc1c(C)c2cc3nc(c4c5[nH]c(cc6nc(cc1[nH]2)C(C)=C6CC)c(C)c5C(=O)C4C(=O)O)[C@@H](CCCOOC)[C@@H]3C. The van der Waals surface area contributed by atoms with Gasteiger partial charge >= 0.3 is 5.97 Å². The fourth-order valence-corrected chi connectivity index (χ4v) is 7.15. The van der Waals surface area contributed by atoms with Crippen LogP contribution < -0.4 is 0 Å². The minimum Gasteiger partial charge on any atom is -0.480 e. The number of allylic oxidation sites excluding steroid dienone is 2. The molecule has 3 aliphatic rings. The Bertz CT molecular complexity index is 1930. The van der Waals surface area contributed by atoms with Crippen molar-refractivity contribution in [1.29, 1.82) is 0 Å². The van der Waals surface area contributed by atoms with E-state index in [1.807, 2.05) is 25.1 Å². The van der Waals surface area contributed by atoms with Gasteiger partial charge in [-0.1, -0.05) is 26.5 Å². The van der Waals surface area contributed by atoms with Crippen molar-refractivity contribution >= 4 is 51.0 Å². The number of carbonyl (C=O) groups excluding carboxylic acids is 1. The van der Waals surface area contributed by atoms with Gasteiger partial charge in [0.05, 0.1) is 36.3 Å². The second-order valence-corrected chi connectivity index (χ2v) is 11.9. The van der Waals surface area contributed by atoms with Gasteiger partial charge in [-0.25, -0.2) is 14.8 Å². The molecule has 9 nitrogen and oxygen atoms in total. The third kappa shape index (κ3) is 4.53. The number of hydrogen-bond donors (Lipinski definition) is 3. The molecule has 0 amide bonds. The van der Waals surface area contributed by atoms with Crippen molar-refractivity contribution in [1.82, 2.24) is 19.9 Å². The van der Waals surface area contributed by atoms with E-state index in [0.717, 1.165) is 67.9 Å². The van der Waals surface area contributed by atoms with Gasteiger partial charge in [0.1, 0.15) is 5.92 Å². The molecule has 0 spiro atoms. The van der Waals surface area contributed by atoms with E-state index in [1.54, 1.807) is 0 Å². The molecule has 3 aromatic heterocycles. The van der Waals surface area contributed by atoms with Crippen LogP contribution >= 0.6 is 0 Å². The van der Waals surface area contributed by atoms with Crippen molar-refractivity contribution in [3.8, 4) is 0 Å². The molecule has 3 aromatic rings. The number of carboxylic acid groups (broad SMARTS) is 1. The molecule has 0 saturated carbocycles. The number of H-pyrrole nitrogens is 2. The van der Waals surface area contributed by atoms with Crippen LogP contribution in [0, 0.1) is 13.8 Å². The lowest BCUT2D eigenvalue weighted by Crippen LogP contribution is -2.19. The Balaban J connectivity index is 1.77. The molecule has 9 heteroatoms. The number of rotatable bonds is 8. The lowest BCUT2D eigenvalue weighted by atomic mass is 9.84. The zero-order valence-corrected chi connectivity index (χ0v) is 26.1. The van der Waals surface area contributed by atoms with Crippen molar-refractivity contribution < 1.29 is 24.5 Å². The highest BCUT2D eigenvalue weighted by molar-refractivity contribution is 6.23. The third-order valence-corrected chi connectivity index (χ3v) is 9.58. The van der Waals surface area contributed by atoms with Crippen LogP contribution in [0.2, 0.25) is 0 Å². The number of Topliss-reactive ketones (excluding diaryl/α,β-unsaturated/α-hetero) is 1. The van der Waals surface area contributed by atoms with Crippen molar-refractivity contribution in [2.24, 2.45) is 0 Å². The lowest BCUT2D eigenvalue weighted by molar-refractivity contribution is -0.272. The zero-order valence-electron chi connectivity index (χ0n) is 26.1. The van der Waals surface area contributed by atoms with Crippen LogP contribution in [0.5, 0.6) is 0 Å². The van der Waals surface area contributed by atoms with E-state index in [-0.39, 0.29) is 11.8 Å². The van der Waals surface area contributed by atoms with Gasteiger partial charge in [0.15, 0.2) is 5.78 Å². The lowest BCUT2D eigenvalue weighted by Gasteiger charge is -2.18. The molecule has 2 aliphatic heterocycles. The average molecular weight is 595 g/mol. The predicted molar refractivity (Wildman–Crippen MR) is 171 cm³/mol. The first-order valence-corrected chi connectivity index (χ1v) is 15.1. The quantitative estimate of drug-likeness (QED) is 0.106. The normalized spacial score (nSPS) is 19.2. The molecule has 0 radical (unpaired) electrons. The van der Waals surface area contributed by atoms with Gasteiger partial charge in [0.25, 0.3) is 0 Å². The number of nitrogens with one attached hydrogen (secondary N) is 2. The minimum atomic E-state index is -1.33. The second kappa shape index (κ2) is 11.3. The van der Waals surface area contributed by atoms with Crippen LogP contribution in [0.25, 0.3) is 39.3 Å². The van der Waals surface area contributed by atoms with Crippen molar-refractivity contribution in [3.63, 3.8) is 0 Å². The highest BCUT2D eigenvalue weighted by atomic mass is 17.2. The van der Waals surface area contributed by atoms with Gasteiger partial charge in [0, 0.05) is 50.8 Å². The first kappa shape index (κ1) is 29.7. The summed E-state index contributed by atoms with van der Waals surface area (Å²) < 4.78 is 0. The number of nitrogens with zero attached hydrogens (tertiary/aromatic N) is 2. The van der Waals surface area contributed by atoms with Crippen molar-refractivity contribution in [2.75, 3.05) is 13.7 Å². The maximum absolute atomic E-state index is 13.8. The summed E-state index contributed by atoms with van der Waals surface area (Å²) in [6.07, 6.45) is 4.00. The molecule has 5 heterocycles. The molecular weight excluding hydrogens is 556 g/mol. The molecule has 1 aliphatic carbocycles. The number of carboxylic acids is 1. The van der Waals surface area contributed by atoms with Crippen LogP contribution in [0.15, 0.2) is 24.8 Å². The van der Waals surface area contributed by atoms with Crippen LogP contribution in [0.3, 0.4) is 0 Å². The standard InChI is InChI=1S/C35H38N4O5/c1-8-20-16(3)23-13-25-18(5)22(11-10-12-44-43-7)32(38-25)30-31(35(41)42)34(40)29-19(6)26(39-33(29)30)15-28-21(9-2)17(4)24(37-28)14-27(20)36-23/h8,13-15,18,22,31,36,39H,1,9-12H2,2-7H3,(H,41,42)/t18-,22-,31?/m0/s1. The van der Waals surface area contributed by atoms with Gasteiger partial charge in [-0.2, -0.15) is 0 Å². The molecule has 8 bridgehead atoms. The molecule has 0 aromatic carbocycles. The van der Waals surface area contributed by atoms with Gasteiger partial charge < -0.3 is 15.1 Å². The summed E-state index contributed by atoms with van der Waals surface area (Å²) in [7, 11) is 1.47. The summed E-state index contributed by atoms with van der Waals surface area (Å²) in [5, 5.41) is 10.4. The molecule has 228 valence electrons. The largest absolute Gasteiger partial charge is 0.480 e. The molecule has 3 atom stereocenters. The number of aryl methyl sites for hydroxylation is 2. The molecule has 1 unspecified atom stereocenters. The summed E-state index contributed by atoms with van der Waals surface area (Å²) in [6, 6.07) is 6.10. The summed E-state index contributed by atoms with van der Waals surface area (Å²) >= 11 is 0. The summed E-state index contributed by atoms with van der Waals surface area (Å²) in [5.41, 5.74) is 12.1. The van der Waals surface area contributed by atoms with Crippen LogP contribution in [-0.4, -0.2) is 50.5 Å². The Morgan fingerprint density at radius 2 is 1.80 bits per heavy atom. The number of hydrogen-bond acceptors (Lipinski definition) is 6. The fraction of sp³-hybridized carbons (Fsp3) is 0.371. The van der Waals surface area contributed by atoms with Gasteiger partial charge in [0.2, 0.25) is 0 Å². The molecule has 3 N–H and O–H groups in total. The summed E-state index contributed by atoms with van der Waals surface area (Å²) in [6.45, 7) is 14.7. The number of fused-ring (bicyclic) bond motifs is 8. The molecule has 44 heavy (non-hydrogen) atoms. The third-order valence-electron chi connectivity index (χ3n) is 9.58. The van der Waals surface area contributed by atoms with Crippen LogP contribution in [0.4, 0.5) is 0 Å². The van der Waals surface area contributed by atoms with Crippen molar-refractivity contribution in [3.05, 3.63) is 75.4 Å². The van der Waals surface area contributed by atoms with E-state index < -0.39 is 17.7 Å². The fourth-order valence-electron chi connectivity index (χ4n) is 7.15. The Kier molecular flexibility index (Phi) is 7.63. The van der Waals surface area contributed by atoms with E-state index in [1.165, 1.54) is 7.11 Å². The van der Waals surface area contributed by atoms with Gasteiger partial charge in [-0.3, -0.25) is 14.6 Å². The number of ketones is 1. The summed E-state index contributed by atoms with van der Waals surface area (Å²) in [4.78, 5) is 53.7. The minimum absolute atomic E-state index is 0.0399. The smallest absolute Gasteiger partial charge is 0.319 e. The Morgan fingerprint density at radius 1 is 1.07 bits per heavy atom. The van der Waals surface area contributed by atoms with Crippen LogP contribution in [-0.2, 0) is 14.6 Å². The highest BCUT2D eigenvalue weighted by Gasteiger charge is 2.44. The highest BCUT2D eigenvalue weighted by Crippen LogP contribution is 2.47. The topological polar surface area (TPSA) is 130 Å². The number of aromatic nitrogens is 4. The number of aliphatic carboxylic acids is 1. The Morgan fingerprint density at radius 3 is 2.48 bits per heavy atom. The maximum Gasteiger partial charge on any atom is 0.319 e. The van der Waals surface area contributed by atoms with E-state index in [9.17, 15) is 14.7 Å².